The van der Waals surface area contributed by atoms with Gasteiger partial charge >= 0.3 is 0 Å². The number of anilines is 1. The molecule has 1 heterocycles. The lowest BCUT2D eigenvalue weighted by atomic mass is 10.1. The predicted octanol–water partition coefficient (Wildman–Crippen LogP) is 2.48. The van der Waals surface area contributed by atoms with Crippen molar-refractivity contribution < 1.29 is 9.59 Å². The van der Waals surface area contributed by atoms with Gasteiger partial charge in [-0.1, -0.05) is 15.9 Å². The molecule has 0 spiro atoms. The predicted molar refractivity (Wildman–Crippen MR) is 87.2 cm³/mol. The average Bonchev–Trinajstić information content (AvgIpc) is 2.88. The quantitative estimate of drug-likeness (QED) is 0.825. The highest BCUT2D eigenvalue weighted by Gasteiger charge is 2.36. The van der Waals surface area contributed by atoms with Gasteiger partial charge in [0.1, 0.15) is 0 Å². The largest absolute Gasteiger partial charge is 0.344 e. The Morgan fingerprint density at radius 2 is 2.27 bits per heavy atom. The van der Waals surface area contributed by atoms with Crippen molar-refractivity contribution in [2.75, 3.05) is 25.0 Å². The molecule has 0 aliphatic carbocycles. The zero-order valence-electron chi connectivity index (χ0n) is 12.7. The third-order valence-electron chi connectivity index (χ3n) is 3.86. The van der Waals surface area contributed by atoms with E-state index in [9.17, 15) is 9.59 Å². The lowest BCUT2D eigenvalue weighted by Crippen LogP contribution is -2.35. The Hall–Kier alpha value is -1.87. The second-order valence-corrected chi connectivity index (χ2v) is 6.36. The van der Waals surface area contributed by atoms with E-state index in [0.717, 1.165) is 15.7 Å². The Labute approximate surface area is 138 Å². The lowest BCUT2D eigenvalue weighted by molar-refractivity contribution is -0.134. The maximum Gasteiger partial charge on any atom is 0.227 e. The zero-order chi connectivity index (χ0) is 16.3. The minimum Gasteiger partial charge on any atom is -0.344 e. The van der Waals surface area contributed by atoms with E-state index >= 15 is 0 Å². The van der Waals surface area contributed by atoms with E-state index in [1.807, 2.05) is 31.2 Å². The second-order valence-electron chi connectivity index (χ2n) is 5.51. The summed E-state index contributed by atoms with van der Waals surface area (Å²) in [5.41, 5.74) is 1.87. The van der Waals surface area contributed by atoms with Gasteiger partial charge in [0.15, 0.2) is 0 Å². The third kappa shape index (κ3) is 3.47. The standard InChI is InChI=1S/C16H18BrN3O2/c1-11-8-13(4-5-14(11)17)20-10-12(9-15(20)21)16(22)19(2)7-3-6-18/h4-5,8,12H,3,7,9-10H2,1-2H3. The highest BCUT2D eigenvalue weighted by Crippen LogP contribution is 2.29. The number of halogens is 1. The van der Waals surface area contributed by atoms with Crippen LogP contribution < -0.4 is 4.90 Å². The summed E-state index contributed by atoms with van der Waals surface area (Å²) in [6, 6.07) is 7.75. The third-order valence-corrected chi connectivity index (χ3v) is 4.75. The summed E-state index contributed by atoms with van der Waals surface area (Å²) < 4.78 is 0.992. The molecular weight excluding hydrogens is 346 g/mol. The van der Waals surface area contributed by atoms with Crippen LogP contribution in [0.25, 0.3) is 0 Å². The normalized spacial score (nSPS) is 17.5. The van der Waals surface area contributed by atoms with E-state index in [-0.39, 0.29) is 24.2 Å². The molecule has 1 unspecified atom stereocenters. The number of nitrogens with zero attached hydrogens (tertiary/aromatic N) is 3. The minimum atomic E-state index is -0.333. The van der Waals surface area contributed by atoms with Crippen LogP contribution in [0.2, 0.25) is 0 Å². The van der Waals surface area contributed by atoms with Crippen LogP contribution in [0.4, 0.5) is 5.69 Å². The average molecular weight is 364 g/mol. The molecule has 1 aromatic carbocycles. The summed E-state index contributed by atoms with van der Waals surface area (Å²) in [5, 5.41) is 8.59. The van der Waals surface area contributed by atoms with Gasteiger partial charge in [0.25, 0.3) is 0 Å². The van der Waals surface area contributed by atoms with Crippen LogP contribution >= 0.6 is 15.9 Å². The van der Waals surface area contributed by atoms with E-state index in [2.05, 4.69) is 15.9 Å². The Balaban J connectivity index is 2.09. The first-order chi connectivity index (χ1) is 10.4. The van der Waals surface area contributed by atoms with Gasteiger partial charge in [-0.15, -0.1) is 0 Å². The molecule has 2 amide bonds. The topological polar surface area (TPSA) is 64.4 Å². The van der Waals surface area contributed by atoms with E-state index < -0.39 is 0 Å². The van der Waals surface area contributed by atoms with Gasteiger partial charge in [0, 0.05) is 36.7 Å². The molecule has 1 atom stereocenters. The second kappa shape index (κ2) is 6.93. The van der Waals surface area contributed by atoms with Crippen LogP contribution in [0.15, 0.2) is 22.7 Å². The number of amides is 2. The molecule has 5 nitrogen and oxygen atoms in total. The summed E-state index contributed by atoms with van der Waals surface area (Å²) in [7, 11) is 1.68. The molecule has 1 aliphatic heterocycles. The molecule has 6 heteroatoms. The molecule has 1 saturated heterocycles. The van der Waals surface area contributed by atoms with Crippen LogP contribution in [0.5, 0.6) is 0 Å². The summed E-state index contributed by atoms with van der Waals surface area (Å²) in [6.07, 6.45) is 0.531. The van der Waals surface area contributed by atoms with Crippen molar-refractivity contribution in [3.8, 4) is 6.07 Å². The molecule has 0 bridgehead atoms. The number of aryl methyl sites for hydroxylation is 1. The van der Waals surface area contributed by atoms with E-state index in [0.29, 0.717) is 19.5 Å². The van der Waals surface area contributed by atoms with E-state index in [4.69, 9.17) is 5.26 Å². The molecule has 0 N–H and O–H groups in total. The van der Waals surface area contributed by atoms with Gasteiger partial charge in [-0.05, 0) is 30.7 Å². The molecule has 1 aromatic rings. The van der Waals surface area contributed by atoms with Crippen molar-refractivity contribution in [2.45, 2.75) is 19.8 Å². The molecule has 116 valence electrons. The molecule has 0 aromatic heterocycles. The smallest absolute Gasteiger partial charge is 0.227 e. The van der Waals surface area contributed by atoms with Crippen molar-refractivity contribution in [2.24, 2.45) is 5.92 Å². The van der Waals surface area contributed by atoms with Gasteiger partial charge in [-0.2, -0.15) is 5.26 Å². The maximum atomic E-state index is 12.3. The lowest BCUT2D eigenvalue weighted by Gasteiger charge is -2.21. The monoisotopic (exact) mass is 363 g/mol. The molecule has 1 aliphatic rings. The number of carbonyl (C=O) groups is 2. The van der Waals surface area contributed by atoms with Crippen LogP contribution in [0, 0.1) is 24.2 Å². The molecule has 0 radical (unpaired) electrons. The Morgan fingerprint density at radius 3 is 2.91 bits per heavy atom. The fraction of sp³-hybridized carbons (Fsp3) is 0.438. The van der Waals surface area contributed by atoms with Crippen molar-refractivity contribution >= 4 is 33.4 Å². The summed E-state index contributed by atoms with van der Waals surface area (Å²) >= 11 is 3.44. The first kappa shape index (κ1) is 16.5. The first-order valence-corrected chi connectivity index (χ1v) is 7.91. The van der Waals surface area contributed by atoms with Gasteiger partial charge in [0.2, 0.25) is 11.8 Å². The van der Waals surface area contributed by atoms with Crippen molar-refractivity contribution in [3.05, 3.63) is 28.2 Å². The molecule has 1 fully saturated rings. The fourth-order valence-electron chi connectivity index (χ4n) is 2.56. The zero-order valence-corrected chi connectivity index (χ0v) is 14.3. The van der Waals surface area contributed by atoms with Crippen LogP contribution in [-0.2, 0) is 9.59 Å². The fourth-order valence-corrected chi connectivity index (χ4v) is 2.81. The maximum absolute atomic E-state index is 12.3. The number of nitriles is 1. The summed E-state index contributed by atoms with van der Waals surface area (Å²) in [5.74, 6) is -0.436. The number of hydrogen-bond donors (Lipinski definition) is 0. The summed E-state index contributed by atoms with van der Waals surface area (Å²) in [4.78, 5) is 27.7. The number of carbonyl (C=O) groups excluding carboxylic acids is 2. The Bertz CT molecular complexity index is 639. The van der Waals surface area contributed by atoms with Gasteiger partial charge in [-0.3, -0.25) is 9.59 Å². The van der Waals surface area contributed by atoms with Gasteiger partial charge < -0.3 is 9.80 Å². The van der Waals surface area contributed by atoms with Crippen molar-refractivity contribution in [1.82, 2.24) is 4.90 Å². The molecule has 0 saturated carbocycles. The molecule has 22 heavy (non-hydrogen) atoms. The van der Waals surface area contributed by atoms with Crippen LogP contribution in [0.1, 0.15) is 18.4 Å². The minimum absolute atomic E-state index is 0.0336. The molecular formula is C16H18BrN3O2. The van der Waals surface area contributed by atoms with Crippen molar-refractivity contribution in [1.29, 1.82) is 5.26 Å². The van der Waals surface area contributed by atoms with E-state index in [1.54, 1.807) is 11.9 Å². The Morgan fingerprint density at radius 1 is 1.55 bits per heavy atom. The van der Waals surface area contributed by atoms with Gasteiger partial charge in [0.05, 0.1) is 18.4 Å². The highest BCUT2D eigenvalue weighted by molar-refractivity contribution is 9.10. The number of rotatable bonds is 4. The SMILES string of the molecule is Cc1cc(N2CC(C(=O)N(C)CCC#N)CC2=O)ccc1Br. The number of benzene rings is 1. The highest BCUT2D eigenvalue weighted by atomic mass is 79.9. The van der Waals surface area contributed by atoms with Crippen molar-refractivity contribution in [3.63, 3.8) is 0 Å². The van der Waals surface area contributed by atoms with Crippen LogP contribution in [-0.4, -0.2) is 36.9 Å². The van der Waals surface area contributed by atoms with Gasteiger partial charge in [-0.25, -0.2) is 0 Å². The number of hydrogen-bond acceptors (Lipinski definition) is 3. The Kier molecular flexibility index (Phi) is 5.19. The van der Waals surface area contributed by atoms with Crippen LogP contribution in [0.3, 0.4) is 0 Å². The van der Waals surface area contributed by atoms with E-state index in [1.165, 1.54) is 4.90 Å². The molecule has 2 rings (SSSR count). The first-order valence-electron chi connectivity index (χ1n) is 7.12. The summed E-state index contributed by atoms with van der Waals surface area (Å²) in [6.45, 7) is 2.76.